The Morgan fingerprint density at radius 2 is 1.69 bits per heavy atom. The van der Waals surface area contributed by atoms with Crippen LogP contribution in [0.2, 0.25) is 0 Å². The molecule has 1 aliphatic rings. The molecule has 1 atom stereocenters. The largest absolute Gasteiger partial charge is 0.496 e. The van der Waals surface area contributed by atoms with Crippen LogP contribution in [-0.2, 0) is 19.3 Å². The molecular formula is C26H31FN2O3. The number of rotatable bonds is 7. The molecule has 1 unspecified atom stereocenters. The van der Waals surface area contributed by atoms with Crippen molar-refractivity contribution >= 4 is 16.6 Å². The lowest BCUT2D eigenvalue weighted by Crippen LogP contribution is -2.22. The summed E-state index contributed by atoms with van der Waals surface area (Å²) in [6.07, 6.45) is 4.87. The Hall–Kier alpha value is -3.02. The molecule has 1 heterocycles. The van der Waals surface area contributed by atoms with Crippen molar-refractivity contribution in [2.45, 2.75) is 52.0 Å². The first-order chi connectivity index (χ1) is 15.4. The van der Waals surface area contributed by atoms with Gasteiger partial charge in [0.25, 0.3) is 0 Å². The lowest BCUT2D eigenvalue weighted by molar-refractivity contribution is 0.367. The van der Waals surface area contributed by atoms with Gasteiger partial charge in [-0.05, 0) is 63.1 Å². The van der Waals surface area contributed by atoms with Crippen LogP contribution in [0.15, 0.2) is 24.3 Å². The molecule has 0 saturated heterocycles. The van der Waals surface area contributed by atoms with Gasteiger partial charge in [0.2, 0.25) is 0 Å². The van der Waals surface area contributed by atoms with E-state index in [-0.39, 0.29) is 11.9 Å². The number of nitrogens with zero attached hydrogens (tertiary/aromatic N) is 1. The molecule has 1 aliphatic carbocycles. The molecule has 32 heavy (non-hydrogen) atoms. The van der Waals surface area contributed by atoms with Crippen LogP contribution in [0.4, 0.5) is 10.1 Å². The number of pyridine rings is 1. The Bertz CT molecular complexity index is 1120. The number of hydrogen-bond donors (Lipinski definition) is 1. The van der Waals surface area contributed by atoms with Crippen molar-refractivity contribution in [3.63, 3.8) is 0 Å². The van der Waals surface area contributed by atoms with E-state index in [0.29, 0.717) is 23.3 Å². The maximum atomic E-state index is 14.3. The second kappa shape index (κ2) is 9.23. The maximum Gasteiger partial charge on any atom is 0.129 e. The number of halogens is 1. The minimum atomic E-state index is -0.215. The summed E-state index contributed by atoms with van der Waals surface area (Å²) in [5, 5.41) is 4.71. The molecular weight excluding hydrogens is 407 g/mol. The van der Waals surface area contributed by atoms with Crippen LogP contribution < -0.4 is 19.5 Å². The van der Waals surface area contributed by atoms with E-state index in [0.717, 1.165) is 59.5 Å². The summed E-state index contributed by atoms with van der Waals surface area (Å²) in [4.78, 5) is 4.81. The van der Waals surface area contributed by atoms with Gasteiger partial charge in [0.1, 0.15) is 23.1 Å². The van der Waals surface area contributed by atoms with Gasteiger partial charge < -0.3 is 19.5 Å². The molecule has 170 valence electrons. The summed E-state index contributed by atoms with van der Waals surface area (Å²) in [5.74, 6) is 1.94. The van der Waals surface area contributed by atoms with Crippen molar-refractivity contribution in [3.8, 4) is 17.2 Å². The Kier molecular flexibility index (Phi) is 6.40. The zero-order chi connectivity index (χ0) is 22.8. The molecule has 3 aromatic rings. The van der Waals surface area contributed by atoms with Crippen LogP contribution in [0.1, 0.15) is 42.1 Å². The number of nitrogens with one attached hydrogen (secondary N) is 1. The Balaban J connectivity index is 1.73. The van der Waals surface area contributed by atoms with E-state index in [2.05, 4.69) is 12.2 Å². The first-order valence-electron chi connectivity index (χ1n) is 11.1. The molecule has 0 fully saturated rings. The Morgan fingerprint density at radius 3 is 2.34 bits per heavy atom. The second-order valence-corrected chi connectivity index (χ2v) is 8.50. The summed E-state index contributed by atoms with van der Waals surface area (Å²) in [6, 6.07) is 7.30. The van der Waals surface area contributed by atoms with Gasteiger partial charge in [-0.3, -0.25) is 4.98 Å². The first kappa shape index (κ1) is 22.2. The fraction of sp³-hybridized carbons (Fsp3) is 0.423. The lowest BCUT2D eigenvalue weighted by atomic mass is 9.91. The Labute approximate surface area is 188 Å². The number of methoxy groups -OCH3 is 3. The van der Waals surface area contributed by atoms with Gasteiger partial charge in [-0.2, -0.15) is 0 Å². The lowest BCUT2D eigenvalue weighted by Gasteiger charge is -2.25. The highest BCUT2D eigenvalue weighted by Crippen LogP contribution is 2.37. The van der Waals surface area contributed by atoms with Crippen molar-refractivity contribution in [1.29, 1.82) is 0 Å². The van der Waals surface area contributed by atoms with Gasteiger partial charge in [-0.1, -0.05) is 0 Å². The van der Waals surface area contributed by atoms with E-state index in [1.807, 2.05) is 18.2 Å². The summed E-state index contributed by atoms with van der Waals surface area (Å²) < 4.78 is 30.9. The third-order valence-electron chi connectivity index (χ3n) is 6.26. The van der Waals surface area contributed by atoms with Crippen LogP contribution >= 0.6 is 0 Å². The summed E-state index contributed by atoms with van der Waals surface area (Å²) >= 11 is 0. The highest BCUT2D eigenvalue weighted by atomic mass is 19.1. The molecule has 2 aromatic carbocycles. The van der Waals surface area contributed by atoms with Crippen LogP contribution in [0, 0.1) is 12.7 Å². The number of ether oxygens (including phenoxy) is 3. The molecule has 4 rings (SSSR count). The van der Waals surface area contributed by atoms with Crippen molar-refractivity contribution in [1.82, 2.24) is 4.98 Å². The minimum Gasteiger partial charge on any atom is -0.496 e. The SMILES string of the molecule is COc1cc(OC)c(CC(C)Nc2c3c(nc4cc(F)c(C)cc24)CCCC3)c(OC)c1. The number of fused-ring (bicyclic) bond motifs is 2. The number of hydrogen-bond acceptors (Lipinski definition) is 5. The molecule has 0 aliphatic heterocycles. The predicted octanol–water partition coefficient (Wildman–Crippen LogP) is 5.63. The van der Waals surface area contributed by atoms with Crippen molar-refractivity contribution in [2.24, 2.45) is 0 Å². The van der Waals surface area contributed by atoms with Gasteiger partial charge in [-0.25, -0.2) is 4.39 Å². The number of aromatic nitrogens is 1. The van der Waals surface area contributed by atoms with Crippen molar-refractivity contribution in [3.05, 3.63) is 52.5 Å². The van der Waals surface area contributed by atoms with E-state index in [4.69, 9.17) is 19.2 Å². The van der Waals surface area contributed by atoms with E-state index in [1.165, 1.54) is 5.56 Å². The van der Waals surface area contributed by atoms with E-state index < -0.39 is 0 Å². The predicted molar refractivity (Wildman–Crippen MR) is 126 cm³/mol. The van der Waals surface area contributed by atoms with E-state index in [9.17, 15) is 4.39 Å². The van der Waals surface area contributed by atoms with Crippen molar-refractivity contribution in [2.75, 3.05) is 26.6 Å². The van der Waals surface area contributed by atoms with Crippen LogP contribution in [0.5, 0.6) is 17.2 Å². The molecule has 1 N–H and O–H groups in total. The topological polar surface area (TPSA) is 52.6 Å². The van der Waals surface area contributed by atoms with Crippen LogP contribution in [0.3, 0.4) is 0 Å². The average Bonchev–Trinajstić information content (AvgIpc) is 2.80. The highest BCUT2D eigenvalue weighted by molar-refractivity contribution is 5.94. The van der Waals surface area contributed by atoms with Crippen molar-refractivity contribution < 1.29 is 18.6 Å². The van der Waals surface area contributed by atoms with Crippen LogP contribution in [-0.4, -0.2) is 32.4 Å². The molecule has 1 aromatic heterocycles. The van der Waals surface area contributed by atoms with Crippen LogP contribution in [0.25, 0.3) is 10.9 Å². The van der Waals surface area contributed by atoms with Gasteiger partial charge in [-0.15, -0.1) is 0 Å². The third kappa shape index (κ3) is 4.18. The zero-order valence-electron chi connectivity index (χ0n) is 19.5. The van der Waals surface area contributed by atoms with Gasteiger partial charge in [0, 0.05) is 46.6 Å². The fourth-order valence-electron chi connectivity index (χ4n) is 4.60. The molecule has 5 nitrogen and oxygen atoms in total. The summed E-state index contributed by atoms with van der Waals surface area (Å²) in [7, 11) is 4.93. The van der Waals surface area contributed by atoms with E-state index in [1.54, 1.807) is 34.3 Å². The minimum absolute atomic E-state index is 0.0770. The average molecular weight is 439 g/mol. The molecule has 0 spiro atoms. The van der Waals surface area contributed by atoms with Gasteiger partial charge >= 0.3 is 0 Å². The first-order valence-corrected chi connectivity index (χ1v) is 11.1. The second-order valence-electron chi connectivity index (χ2n) is 8.50. The number of anilines is 1. The summed E-state index contributed by atoms with van der Waals surface area (Å²) in [6.45, 7) is 3.94. The monoisotopic (exact) mass is 438 g/mol. The molecule has 0 bridgehead atoms. The Morgan fingerprint density at radius 1 is 1.00 bits per heavy atom. The van der Waals surface area contributed by atoms with E-state index >= 15 is 0 Å². The number of benzene rings is 2. The smallest absolute Gasteiger partial charge is 0.129 e. The normalized spacial score (nSPS) is 14.1. The third-order valence-corrected chi connectivity index (χ3v) is 6.26. The highest BCUT2D eigenvalue weighted by Gasteiger charge is 2.22. The maximum absolute atomic E-state index is 14.3. The number of aryl methyl sites for hydroxylation is 2. The zero-order valence-corrected chi connectivity index (χ0v) is 19.5. The molecule has 0 saturated carbocycles. The molecule has 6 heteroatoms. The fourth-order valence-corrected chi connectivity index (χ4v) is 4.60. The quantitative estimate of drug-likeness (QED) is 0.518. The van der Waals surface area contributed by atoms with Gasteiger partial charge in [0.15, 0.2) is 0 Å². The molecule has 0 amide bonds. The summed E-state index contributed by atoms with van der Waals surface area (Å²) in [5.41, 5.74) is 5.74. The molecule has 0 radical (unpaired) electrons. The van der Waals surface area contributed by atoms with Gasteiger partial charge in [0.05, 0.1) is 26.8 Å². The standard InChI is InChI=1S/C26H31FN2O3/c1-15-10-19-23(14-21(15)27)29-22-9-7-6-8-18(22)26(19)28-16(2)11-20-24(31-4)12-17(30-3)13-25(20)32-5/h10,12-14,16H,6-9,11H2,1-5H3,(H,28,29).